The fourth-order valence-electron chi connectivity index (χ4n) is 3.38. The molecule has 0 fully saturated rings. The van der Waals surface area contributed by atoms with E-state index in [1.807, 2.05) is 63.2 Å². The van der Waals surface area contributed by atoms with Gasteiger partial charge in [-0.05, 0) is 60.6 Å². The number of rotatable bonds is 6. The van der Waals surface area contributed by atoms with E-state index in [-0.39, 0.29) is 11.8 Å². The Bertz CT molecular complexity index is 940. The second kappa shape index (κ2) is 8.01. The molecule has 1 aliphatic rings. The number of imide groups is 1. The fraction of sp³-hybridized carbons (Fsp3) is 0.333. The van der Waals surface area contributed by atoms with Crippen molar-refractivity contribution in [2.45, 2.75) is 47.0 Å². The molecule has 2 aromatic rings. The summed E-state index contributed by atoms with van der Waals surface area (Å²) in [6.45, 7) is 10.7. The van der Waals surface area contributed by atoms with Gasteiger partial charge >= 0.3 is 0 Å². The van der Waals surface area contributed by atoms with Crippen LogP contribution in [0.4, 0.5) is 5.69 Å². The van der Waals surface area contributed by atoms with Gasteiger partial charge in [-0.1, -0.05) is 51.1 Å². The highest BCUT2D eigenvalue weighted by Crippen LogP contribution is 2.31. The van der Waals surface area contributed by atoms with Crippen molar-refractivity contribution in [3.8, 4) is 0 Å². The summed E-state index contributed by atoms with van der Waals surface area (Å²) in [5.41, 5.74) is 5.88. The molecule has 0 saturated heterocycles. The molecule has 0 bridgehead atoms. The van der Waals surface area contributed by atoms with Crippen LogP contribution in [-0.2, 0) is 9.59 Å². The number of carbonyl (C=O) groups is 2. The summed E-state index contributed by atoms with van der Waals surface area (Å²) in [5.74, 6) is -0.0430. The predicted molar refractivity (Wildman–Crippen MR) is 114 cm³/mol. The lowest BCUT2D eigenvalue weighted by molar-refractivity contribution is -0.136. The van der Waals surface area contributed by atoms with Crippen LogP contribution in [0.25, 0.3) is 5.57 Å². The van der Waals surface area contributed by atoms with E-state index >= 15 is 0 Å². The molecule has 2 aromatic carbocycles. The normalized spacial score (nSPS) is 14.4. The van der Waals surface area contributed by atoms with Crippen molar-refractivity contribution in [2.75, 3.05) is 11.9 Å². The van der Waals surface area contributed by atoms with E-state index in [0.29, 0.717) is 23.7 Å². The van der Waals surface area contributed by atoms with Crippen LogP contribution in [0.15, 0.2) is 48.2 Å². The molecule has 0 aromatic heterocycles. The molecule has 0 atom stereocenters. The Labute approximate surface area is 167 Å². The monoisotopic (exact) mass is 376 g/mol. The quantitative estimate of drug-likeness (QED) is 0.720. The summed E-state index contributed by atoms with van der Waals surface area (Å²) in [5, 5.41) is 3.23. The summed E-state index contributed by atoms with van der Waals surface area (Å²) >= 11 is 0. The maximum atomic E-state index is 13.1. The third-order valence-electron chi connectivity index (χ3n) is 5.26. The van der Waals surface area contributed by atoms with Crippen LogP contribution in [0.3, 0.4) is 0 Å². The smallest absolute Gasteiger partial charge is 0.278 e. The van der Waals surface area contributed by atoms with Crippen molar-refractivity contribution in [2.24, 2.45) is 0 Å². The second-order valence-electron chi connectivity index (χ2n) is 7.71. The Morgan fingerprint density at radius 2 is 1.61 bits per heavy atom. The molecule has 146 valence electrons. The lowest BCUT2D eigenvalue weighted by Gasteiger charge is -2.14. The molecule has 0 radical (unpaired) electrons. The van der Waals surface area contributed by atoms with Gasteiger partial charge in [0.05, 0.1) is 5.57 Å². The maximum Gasteiger partial charge on any atom is 0.278 e. The Hall–Kier alpha value is -2.88. The van der Waals surface area contributed by atoms with Crippen LogP contribution in [0.2, 0.25) is 0 Å². The van der Waals surface area contributed by atoms with Gasteiger partial charge in [0.1, 0.15) is 5.70 Å². The Kier molecular flexibility index (Phi) is 5.68. The van der Waals surface area contributed by atoms with Crippen molar-refractivity contribution in [1.82, 2.24) is 4.90 Å². The minimum atomic E-state index is -0.256. The molecule has 4 heteroatoms. The third kappa shape index (κ3) is 3.72. The van der Waals surface area contributed by atoms with Crippen LogP contribution in [0, 0.1) is 13.8 Å². The molecule has 0 aliphatic carbocycles. The van der Waals surface area contributed by atoms with E-state index < -0.39 is 0 Å². The lowest BCUT2D eigenvalue weighted by atomic mass is 9.99. The molecular formula is C24H28N2O2. The Morgan fingerprint density at radius 1 is 0.929 bits per heavy atom. The Balaban J connectivity index is 2.04. The zero-order valence-corrected chi connectivity index (χ0v) is 17.3. The average Bonchev–Trinajstić information content (AvgIpc) is 2.89. The molecule has 0 saturated carbocycles. The lowest BCUT2D eigenvalue weighted by Crippen LogP contribution is -2.33. The van der Waals surface area contributed by atoms with Gasteiger partial charge in [0.15, 0.2) is 0 Å². The summed E-state index contributed by atoms with van der Waals surface area (Å²) in [6.07, 6.45) is 0.730. The number of carbonyl (C=O) groups excluding carboxylic acids is 2. The maximum absolute atomic E-state index is 13.1. The average molecular weight is 377 g/mol. The largest absolute Gasteiger partial charge is 0.350 e. The van der Waals surface area contributed by atoms with Gasteiger partial charge in [-0.2, -0.15) is 0 Å². The first kappa shape index (κ1) is 19.9. The number of hydrogen-bond donors (Lipinski definition) is 1. The predicted octanol–water partition coefficient (Wildman–Crippen LogP) is 5.03. The first-order valence-electron chi connectivity index (χ1n) is 9.88. The minimum absolute atomic E-state index is 0.226. The van der Waals surface area contributed by atoms with Gasteiger partial charge in [0.2, 0.25) is 0 Å². The summed E-state index contributed by atoms with van der Waals surface area (Å²) in [6, 6.07) is 13.9. The van der Waals surface area contributed by atoms with E-state index in [2.05, 4.69) is 19.2 Å². The van der Waals surface area contributed by atoms with Crippen LogP contribution in [-0.4, -0.2) is 23.3 Å². The van der Waals surface area contributed by atoms with Crippen LogP contribution < -0.4 is 5.32 Å². The molecule has 1 aliphatic heterocycles. The first-order valence-corrected chi connectivity index (χ1v) is 9.88. The van der Waals surface area contributed by atoms with Gasteiger partial charge < -0.3 is 5.32 Å². The van der Waals surface area contributed by atoms with Crippen LogP contribution in [0.1, 0.15) is 55.4 Å². The number of amides is 2. The van der Waals surface area contributed by atoms with Crippen molar-refractivity contribution in [3.05, 3.63) is 70.4 Å². The number of aryl methyl sites for hydroxylation is 2. The fourth-order valence-corrected chi connectivity index (χ4v) is 3.38. The number of nitrogens with zero attached hydrogens (tertiary/aromatic N) is 1. The molecule has 3 rings (SSSR count). The first-order chi connectivity index (χ1) is 13.3. The van der Waals surface area contributed by atoms with E-state index in [0.717, 1.165) is 28.8 Å². The molecule has 4 nitrogen and oxygen atoms in total. The summed E-state index contributed by atoms with van der Waals surface area (Å²) < 4.78 is 0. The van der Waals surface area contributed by atoms with Crippen molar-refractivity contribution < 1.29 is 9.59 Å². The van der Waals surface area contributed by atoms with Gasteiger partial charge in [-0.25, -0.2) is 0 Å². The van der Waals surface area contributed by atoms with Gasteiger partial charge in [0, 0.05) is 12.2 Å². The SMILES string of the molecule is CCCN1C(=O)C(Nc2ccc(C(C)C)cc2)=C(c2ccc(C)c(C)c2)C1=O. The second-order valence-corrected chi connectivity index (χ2v) is 7.71. The van der Waals surface area contributed by atoms with Gasteiger partial charge in [-0.3, -0.25) is 14.5 Å². The highest BCUT2D eigenvalue weighted by molar-refractivity contribution is 6.36. The molecular weight excluding hydrogens is 348 g/mol. The van der Waals surface area contributed by atoms with Gasteiger partial charge in [0.25, 0.3) is 11.8 Å². The number of nitrogens with one attached hydrogen (secondary N) is 1. The Morgan fingerprint density at radius 3 is 2.18 bits per heavy atom. The van der Waals surface area contributed by atoms with Gasteiger partial charge in [-0.15, -0.1) is 0 Å². The molecule has 2 amide bonds. The number of benzene rings is 2. The highest BCUT2D eigenvalue weighted by atomic mass is 16.2. The zero-order chi connectivity index (χ0) is 20.4. The van der Waals surface area contributed by atoms with Crippen LogP contribution in [0.5, 0.6) is 0 Å². The molecule has 1 heterocycles. The standard InChI is InChI=1S/C24H28N2O2/c1-6-13-26-23(27)21(19-8-7-16(4)17(5)14-19)22(24(26)28)25-20-11-9-18(10-12-20)15(2)3/h7-12,14-15,25H,6,13H2,1-5H3. The summed E-state index contributed by atoms with van der Waals surface area (Å²) in [4.78, 5) is 27.4. The number of anilines is 1. The molecule has 0 unspecified atom stereocenters. The van der Waals surface area contributed by atoms with Crippen molar-refractivity contribution in [3.63, 3.8) is 0 Å². The van der Waals surface area contributed by atoms with E-state index in [1.54, 1.807) is 0 Å². The number of hydrogen-bond acceptors (Lipinski definition) is 3. The zero-order valence-electron chi connectivity index (χ0n) is 17.3. The van der Waals surface area contributed by atoms with Crippen molar-refractivity contribution >= 4 is 23.1 Å². The molecule has 0 spiro atoms. The third-order valence-corrected chi connectivity index (χ3v) is 5.26. The molecule has 1 N–H and O–H groups in total. The van der Waals surface area contributed by atoms with Crippen molar-refractivity contribution in [1.29, 1.82) is 0 Å². The highest BCUT2D eigenvalue weighted by Gasteiger charge is 2.38. The van der Waals surface area contributed by atoms with E-state index in [9.17, 15) is 9.59 Å². The van der Waals surface area contributed by atoms with E-state index in [1.165, 1.54) is 10.5 Å². The van der Waals surface area contributed by atoms with Crippen LogP contribution >= 0.6 is 0 Å². The van der Waals surface area contributed by atoms with E-state index in [4.69, 9.17) is 0 Å². The topological polar surface area (TPSA) is 49.4 Å². The minimum Gasteiger partial charge on any atom is -0.350 e. The molecule has 28 heavy (non-hydrogen) atoms. The summed E-state index contributed by atoms with van der Waals surface area (Å²) in [7, 11) is 0.